The summed E-state index contributed by atoms with van der Waals surface area (Å²) in [6.07, 6.45) is 6.72. The van der Waals surface area contributed by atoms with Crippen LogP contribution in [0.25, 0.3) is 0 Å². The first-order valence-electron chi connectivity index (χ1n) is 6.02. The third-order valence-electron chi connectivity index (χ3n) is 3.75. The average Bonchev–Trinajstić information content (AvgIpc) is 2.74. The van der Waals surface area contributed by atoms with E-state index in [9.17, 15) is 0 Å². The van der Waals surface area contributed by atoms with Crippen LogP contribution in [0.3, 0.4) is 0 Å². The lowest BCUT2D eigenvalue weighted by Crippen LogP contribution is -2.37. The molecular formula is C12H25NO2. The second-order valence-electron chi connectivity index (χ2n) is 4.59. The maximum Gasteiger partial charge on any atom is 0.169 e. The molecule has 0 bridgehead atoms. The molecule has 0 atom stereocenters. The van der Waals surface area contributed by atoms with Crippen molar-refractivity contribution in [3.63, 3.8) is 0 Å². The third kappa shape index (κ3) is 3.74. The van der Waals surface area contributed by atoms with Gasteiger partial charge in [0.1, 0.15) is 0 Å². The van der Waals surface area contributed by atoms with Gasteiger partial charge in [-0.05, 0) is 24.7 Å². The zero-order valence-corrected chi connectivity index (χ0v) is 10.3. The van der Waals surface area contributed by atoms with Gasteiger partial charge in [-0.15, -0.1) is 0 Å². The van der Waals surface area contributed by atoms with E-state index in [0.29, 0.717) is 5.41 Å². The van der Waals surface area contributed by atoms with Crippen LogP contribution in [-0.4, -0.2) is 33.6 Å². The van der Waals surface area contributed by atoms with Crippen LogP contribution in [0.2, 0.25) is 0 Å². The average molecular weight is 215 g/mol. The fourth-order valence-corrected chi connectivity index (χ4v) is 2.50. The van der Waals surface area contributed by atoms with Crippen molar-refractivity contribution in [3.05, 3.63) is 0 Å². The summed E-state index contributed by atoms with van der Waals surface area (Å²) in [5.41, 5.74) is 0.548. The van der Waals surface area contributed by atoms with Crippen LogP contribution in [0.4, 0.5) is 0 Å². The molecule has 90 valence electrons. The Bertz CT molecular complexity index is 163. The van der Waals surface area contributed by atoms with Crippen LogP contribution >= 0.6 is 0 Å². The fraction of sp³-hybridized carbons (Fsp3) is 1.00. The summed E-state index contributed by atoms with van der Waals surface area (Å²) in [7, 11) is 3.36. The molecule has 3 nitrogen and oxygen atoms in total. The van der Waals surface area contributed by atoms with Crippen LogP contribution in [0, 0.1) is 5.41 Å². The zero-order valence-electron chi connectivity index (χ0n) is 10.3. The molecule has 1 aliphatic rings. The Kier molecular flexibility index (Phi) is 5.58. The van der Waals surface area contributed by atoms with E-state index in [-0.39, 0.29) is 6.29 Å². The molecule has 0 aliphatic heterocycles. The highest BCUT2D eigenvalue weighted by molar-refractivity contribution is 4.85. The molecule has 0 heterocycles. The number of nitrogens with one attached hydrogen (secondary N) is 1. The van der Waals surface area contributed by atoms with Gasteiger partial charge in [0.25, 0.3) is 0 Å². The number of hydrogen-bond donors (Lipinski definition) is 1. The molecule has 0 amide bonds. The maximum atomic E-state index is 5.15. The highest BCUT2D eigenvalue weighted by Crippen LogP contribution is 2.40. The highest BCUT2D eigenvalue weighted by Gasteiger charge is 2.31. The third-order valence-corrected chi connectivity index (χ3v) is 3.75. The van der Waals surface area contributed by atoms with Gasteiger partial charge >= 0.3 is 0 Å². The van der Waals surface area contributed by atoms with E-state index in [1.54, 1.807) is 14.2 Å². The molecule has 0 aromatic rings. The largest absolute Gasteiger partial charge is 0.355 e. The second-order valence-corrected chi connectivity index (χ2v) is 4.59. The standard InChI is InChI=1S/C12H25NO2/c1-4-12(7-5-6-8-12)10-13-9-11(14-2)15-3/h11,13H,4-10H2,1-3H3. The normalized spacial score (nSPS) is 20.0. The molecule has 0 radical (unpaired) electrons. The Balaban J connectivity index is 2.22. The van der Waals surface area contributed by atoms with Crippen molar-refractivity contribution in [1.29, 1.82) is 0 Å². The van der Waals surface area contributed by atoms with E-state index in [2.05, 4.69) is 12.2 Å². The number of ether oxygens (including phenoxy) is 2. The van der Waals surface area contributed by atoms with Crippen LogP contribution < -0.4 is 5.32 Å². The number of rotatable bonds is 7. The van der Waals surface area contributed by atoms with Gasteiger partial charge in [0.05, 0.1) is 0 Å². The van der Waals surface area contributed by atoms with Crippen molar-refractivity contribution in [2.24, 2.45) is 5.41 Å². The lowest BCUT2D eigenvalue weighted by Gasteiger charge is -2.28. The summed E-state index contributed by atoms with van der Waals surface area (Å²) < 4.78 is 10.3. The van der Waals surface area contributed by atoms with E-state index < -0.39 is 0 Å². The van der Waals surface area contributed by atoms with Gasteiger partial charge in [0, 0.05) is 27.3 Å². The quantitative estimate of drug-likeness (QED) is 0.660. The van der Waals surface area contributed by atoms with Crippen molar-refractivity contribution < 1.29 is 9.47 Å². The summed E-state index contributed by atoms with van der Waals surface area (Å²) in [6, 6.07) is 0. The predicted octanol–water partition coefficient (Wildman–Crippen LogP) is 2.17. The molecule has 1 aliphatic carbocycles. The van der Waals surface area contributed by atoms with Gasteiger partial charge in [-0.3, -0.25) is 0 Å². The van der Waals surface area contributed by atoms with Crippen molar-refractivity contribution >= 4 is 0 Å². The maximum absolute atomic E-state index is 5.15. The summed E-state index contributed by atoms with van der Waals surface area (Å²) in [5.74, 6) is 0. The van der Waals surface area contributed by atoms with E-state index in [1.807, 2.05) is 0 Å². The minimum Gasteiger partial charge on any atom is -0.355 e. The van der Waals surface area contributed by atoms with Gasteiger partial charge in [-0.2, -0.15) is 0 Å². The lowest BCUT2D eigenvalue weighted by molar-refractivity contribution is -0.0995. The molecule has 15 heavy (non-hydrogen) atoms. The van der Waals surface area contributed by atoms with Gasteiger partial charge in [0.15, 0.2) is 6.29 Å². The number of hydrogen-bond acceptors (Lipinski definition) is 3. The Morgan fingerprint density at radius 1 is 1.20 bits per heavy atom. The van der Waals surface area contributed by atoms with Crippen LogP contribution in [0.15, 0.2) is 0 Å². The lowest BCUT2D eigenvalue weighted by atomic mass is 9.83. The summed E-state index contributed by atoms with van der Waals surface area (Å²) in [6.45, 7) is 4.19. The Morgan fingerprint density at radius 3 is 2.27 bits per heavy atom. The molecular weight excluding hydrogens is 190 g/mol. The second kappa shape index (κ2) is 6.46. The molecule has 1 saturated carbocycles. The molecule has 0 spiro atoms. The van der Waals surface area contributed by atoms with Gasteiger partial charge in [-0.1, -0.05) is 19.8 Å². The molecule has 3 heteroatoms. The predicted molar refractivity (Wildman–Crippen MR) is 61.9 cm³/mol. The highest BCUT2D eigenvalue weighted by atomic mass is 16.7. The SMILES string of the molecule is CCC1(CNCC(OC)OC)CCCC1. The molecule has 0 unspecified atom stereocenters. The summed E-state index contributed by atoms with van der Waals surface area (Å²) >= 11 is 0. The fourth-order valence-electron chi connectivity index (χ4n) is 2.50. The van der Waals surface area contributed by atoms with E-state index in [4.69, 9.17) is 9.47 Å². The van der Waals surface area contributed by atoms with Crippen molar-refractivity contribution in [3.8, 4) is 0 Å². The summed E-state index contributed by atoms with van der Waals surface area (Å²) in [4.78, 5) is 0. The molecule has 1 N–H and O–H groups in total. The zero-order chi connectivity index (χ0) is 11.1. The van der Waals surface area contributed by atoms with Gasteiger partial charge in [0.2, 0.25) is 0 Å². The molecule has 1 rings (SSSR count). The first-order chi connectivity index (χ1) is 7.26. The van der Waals surface area contributed by atoms with E-state index >= 15 is 0 Å². The van der Waals surface area contributed by atoms with Crippen LogP contribution in [-0.2, 0) is 9.47 Å². The first kappa shape index (κ1) is 12.9. The van der Waals surface area contributed by atoms with Crippen LogP contribution in [0.1, 0.15) is 39.0 Å². The van der Waals surface area contributed by atoms with Crippen LogP contribution in [0.5, 0.6) is 0 Å². The molecule has 0 aromatic heterocycles. The number of methoxy groups -OCH3 is 2. The monoisotopic (exact) mass is 215 g/mol. The molecule has 0 aromatic carbocycles. The van der Waals surface area contributed by atoms with Gasteiger partial charge < -0.3 is 14.8 Å². The van der Waals surface area contributed by atoms with Crippen molar-refractivity contribution in [2.75, 3.05) is 27.3 Å². The molecule has 1 fully saturated rings. The topological polar surface area (TPSA) is 30.5 Å². The Labute approximate surface area is 93.5 Å². The van der Waals surface area contributed by atoms with Crippen molar-refractivity contribution in [1.82, 2.24) is 5.32 Å². The molecule has 0 saturated heterocycles. The smallest absolute Gasteiger partial charge is 0.169 e. The Morgan fingerprint density at radius 2 is 1.80 bits per heavy atom. The van der Waals surface area contributed by atoms with E-state index in [1.165, 1.54) is 32.1 Å². The van der Waals surface area contributed by atoms with Crippen molar-refractivity contribution in [2.45, 2.75) is 45.3 Å². The first-order valence-corrected chi connectivity index (χ1v) is 6.02. The summed E-state index contributed by atoms with van der Waals surface area (Å²) in [5, 5.41) is 3.47. The Hall–Kier alpha value is -0.120. The van der Waals surface area contributed by atoms with Gasteiger partial charge in [-0.25, -0.2) is 0 Å². The van der Waals surface area contributed by atoms with E-state index in [0.717, 1.165) is 13.1 Å². The minimum absolute atomic E-state index is 0.111. The minimum atomic E-state index is -0.111.